The van der Waals surface area contributed by atoms with Crippen LogP contribution in [0, 0.1) is 17.3 Å². The third-order valence-electron chi connectivity index (χ3n) is 4.46. The van der Waals surface area contributed by atoms with Crippen LogP contribution in [-0.2, 0) is 4.79 Å². The number of rotatable bonds is 0. The summed E-state index contributed by atoms with van der Waals surface area (Å²) in [5.41, 5.74) is 1.83. The standard InChI is InChI=1S/C14H22O/c1-10-7-8-11(15)5-4-6-13-12(10)9-14(13,2)3/h12-13H,1,4-9H2,2-3H3. The molecular weight excluding hydrogens is 184 g/mol. The second kappa shape index (κ2) is 3.77. The van der Waals surface area contributed by atoms with Gasteiger partial charge in [-0.3, -0.25) is 4.79 Å². The number of hydrogen-bond donors (Lipinski definition) is 0. The Morgan fingerprint density at radius 1 is 1.27 bits per heavy atom. The van der Waals surface area contributed by atoms with E-state index in [-0.39, 0.29) is 0 Å². The van der Waals surface area contributed by atoms with Gasteiger partial charge in [0.1, 0.15) is 5.78 Å². The van der Waals surface area contributed by atoms with Crippen LogP contribution < -0.4 is 0 Å². The fraction of sp³-hybridized carbons (Fsp3) is 0.786. The van der Waals surface area contributed by atoms with Crippen molar-refractivity contribution in [2.75, 3.05) is 0 Å². The summed E-state index contributed by atoms with van der Waals surface area (Å²) in [5.74, 6) is 1.94. The fourth-order valence-corrected chi connectivity index (χ4v) is 3.39. The highest BCUT2D eigenvalue weighted by atomic mass is 16.1. The van der Waals surface area contributed by atoms with E-state index in [0.29, 0.717) is 17.1 Å². The van der Waals surface area contributed by atoms with Crippen molar-refractivity contribution >= 4 is 5.78 Å². The summed E-state index contributed by atoms with van der Waals surface area (Å²) in [5, 5.41) is 0. The molecule has 0 aromatic carbocycles. The van der Waals surface area contributed by atoms with Crippen LogP contribution in [0.4, 0.5) is 0 Å². The van der Waals surface area contributed by atoms with Crippen LogP contribution >= 0.6 is 0 Å². The molecule has 0 aromatic heterocycles. The zero-order chi connectivity index (χ0) is 11.1. The van der Waals surface area contributed by atoms with Crippen molar-refractivity contribution < 1.29 is 4.79 Å². The molecular formula is C14H22O. The highest BCUT2D eigenvalue weighted by Gasteiger charge is 2.47. The summed E-state index contributed by atoms with van der Waals surface area (Å²) in [6.07, 6.45) is 6.08. The summed E-state index contributed by atoms with van der Waals surface area (Å²) in [7, 11) is 0. The Hall–Kier alpha value is -0.590. The maximum absolute atomic E-state index is 11.5. The molecule has 0 aromatic rings. The number of ketones is 1. The molecule has 0 radical (unpaired) electrons. The molecule has 2 aliphatic carbocycles. The normalized spacial score (nSPS) is 35.9. The highest BCUT2D eigenvalue weighted by Crippen LogP contribution is 2.56. The topological polar surface area (TPSA) is 17.1 Å². The van der Waals surface area contributed by atoms with Crippen LogP contribution in [0.25, 0.3) is 0 Å². The molecule has 2 saturated carbocycles. The number of carbonyl (C=O) groups excluding carboxylic acids is 1. The molecule has 0 amide bonds. The van der Waals surface area contributed by atoms with Crippen molar-refractivity contribution in [3.8, 4) is 0 Å². The zero-order valence-corrected chi connectivity index (χ0v) is 10.0. The van der Waals surface area contributed by atoms with Crippen LogP contribution in [0.1, 0.15) is 52.4 Å². The Kier molecular flexibility index (Phi) is 2.74. The lowest BCUT2D eigenvalue weighted by atomic mass is 9.52. The van der Waals surface area contributed by atoms with Gasteiger partial charge in [-0.1, -0.05) is 26.0 Å². The molecule has 2 rings (SSSR count). The van der Waals surface area contributed by atoms with Crippen LogP contribution in [0.3, 0.4) is 0 Å². The average Bonchev–Trinajstić information content (AvgIpc) is 2.21. The first-order valence-electron chi connectivity index (χ1n) is 6.20. The second-order valence-electron chi connectivity index (χ2n) is 5.99. The zero-order valence-electron chi connectivity index (χ0n) is 10.0. The minimum Gasteiger partial charge on any atom is -0.300 e. The molecule has 0 spiro atoms. The van der Waals surface area contributed by atoms with Crippen LogP contribution in [0.2, 0.25) is 0 Å². The summed E-state index contributed by atoms with van der Waals surface area (Å²) < 4.78 is 0. The van der Waals surface area contributed by atoms with Gasteiger partial charge >= 0.3 is 0 Å². The van der Waals surface area contributed by atoms with Crippen LogP contribution in [-0.4, -0.2) is 5.78 Å². The van der Waals surface area contributed by atoms with Gasteiger partial charge in [0.15, 0.2) is 0 Å². The largest absolute Gasteiger partial charge is 0.300 e. The van der Waals surface area contributed by atoms with Gasteiger partial charge in [0.05, 0.1) is 0 Å². The summed E-state index contributed by atoms with van der Waals surface area (Å²) in [4.78, 5) is 11.5. The number of Topliss-reactive ketones (excluding diaryl/α,β-unsaturated/α-hetero) is 1. The van der Waals surface area contributed by atoms with E-state index in [4.69, 9.17) is 0 Å². The van der Waals surface area contributed by atoms with E-state index in [1.807, 2.05) is 0 Å². The Labute approximate surface area is 92.9 Å². The van der Waals surface area contributed by atoms with Crippen molar-refractivity contribution in [1.29, 1.82) is 0 Å². The lowest BCUT2D eigenvalue weighted by Crippen LogP contribution is -2.44. The van der Waals surface area contributed by atoms with Gasteiger partial charge in [0, 0.05) is 12.8 Å². The predicted octanol–water partition coefficient (Wildman–Crippen LogP) is 3.74. The van der Waals surface area contributed by atoms with Crippen molar-refractivity contribution in [1.82, 2.24) is 0 Å². The molecule has 2 unspecified atom stereocenters. The van der Waals surface area contributed by atoms with Gasteiger partial charge in [0.25, 0.3) is 0 Å². The molecule has 2 fully saturated rings. The molecule has 84 valence electrons. The van der Waals surface area contributed by atoms with Crippen molar-refractivity contribution in [2.45, 2.75) is 52.4 Å². The molecule has 1 heteroatoms. The average molecular weight is 206 g/mol. The van der Waals surface area contributed by atoms with Crippen molar-refractivity contribution in [3.05, 3.63) is 12.2 Å². The monoisotopic (exact) mass is 206 g/mol. The van der Waals surface area contributed by atoms with Gasteiger partial charge in [-0.2, -0.15) is 0 Å². The van der Waals surface area contributed by atoms with Crippen molar-refractivity contribution in [2.24, 2.45) is 17.3 Å². The Morgan fingerprint density at radius 2 is 2.00 bits per heavy atom. The summed E-state index contributed by atoms with van der Waals surface area (Å²) in [6.45, 7) is 8.91. The fourth-order valence-electron chi connectivity index (χ4n) is 3.39. The van der Waals surface area contributed by atoms with E-state index in [9.17, 15) is 4.79 Å². The maximum atomic E-state index is 11.5. The van der Waals surface area contributed by atoms with Gasteiger partial charge in [-0.05, 0) is 42.9 Å². The van der Waals surface area contributed by atoms with E-state index < -0.39 is 0 Å². The molecule has 0 N–H and O–H groups in total. The lowest BCUT2D eigenvalue weighted by Gasteiger charge is -2.53. The van der Waals surface area contributed by atoms with Gasteiger partial charge in [-0.15, -0.1) is 0 Å². The first-order chi connectivity index (χ1) is 7.00. The highest BCUT2D eigenvalue weighted by molar-refractivity contribution is 5.78. The molecule has 1 nitrogen and oxygen atoms in total. The third-order valence-corrected chi connectivity index (χ3v) is 4.46. The number of fused-ring (bicyclic) bond motifs is 1. The lowest BCUT2D eigenvalue weighted by molar-refractivity contribution is -0.119. The molecule has 0 bridgehead atoms. The van der Waals surface area contributed by atoms with E-state index in [0.717, 1.165) is 31.6 Å². The SMILES string of the molecule is C=C1CCC(=O)CCCC2C1CC2(C)C. The second-order valence-corrected chi connectivity index (χ2v) is 5.99. The van der Waals surface area contributed by atoms with E-state index >= 15 is 0 Å². The minimum absolute atomic E-state index is 0.440. The predicted molar refractivity (Wildman–Crippen MR) is 62.6 cm³/mol. The third kappa shape index (κ3) is 2.02. The Balaban J connectivity index is 2.08. The van der Waals surface area contributed by atoms with E-state index in [1.165, 1.54) is 18.4 Å². The molecule has 0 saturated heterocycles. The van der Waals surface area contributed by atoms with E-state index in [1.54, 1.807) is 0 Å². The minimum atomic E-state index is 0.440. The van der Waals surface area contributed by atoms with Crippen LogP contribution in [0.15, 0.2) is 12.2 Å². The Bertz CT molecular complexity index is 288. The first-order valence-corrected chi connectivity index (χ1v) is 6.20. The molecule has 2 atom stereocenters. The number of allylic oxidation sites excluding steroid dienone is 1. The maximum Gasteiger partial charge on any atom is 0.133 e. The van der Waals surface area contributed by atoms with E-state index in [2.05, 4.69) is 20.4 Å². The molecule has 0 heterocycles. The Morgan fingerprint density at radius 3 is 2.67 bits per heavy atom. The van der Waals surface area contributed by atoms with Gasteiger partial charge in [-0.25, -0.2) is 0 Å². The van der Waals surface area contributed by atoms with Crippen molar-refractivity contribution in [3.63, 3.8) is 0 Å². The van der Waals surface area contributed by atoms with Gasteiger partial charge in [0.2, 0.25) is 0 Å². The van der Waals surface area contributed by atoms with Crippen LogP contribution in [0.5, 0.6) is 0 Å². The molecule has 2 aliphatic rings. The summed E-state index contributed by atoms with van der Waals surface area (Å²) >= 11 is 0. The first kappa shape index (κ1) is 10.9. The quantitative estimate of drug-likeness (QED) is 0.552. The summed E-state index contributed by atoms with van der Waals surface area (Å²) in [6, 6.07) is 0. The molecule has 15 heavy (non-hydrogen) atoms. The number of carbonyl (C=O) groups is 1. The molecule has 0 aliphatic heterocycles. The number of hydrogen-bond acceptors (Lipinski definition) is 1. The van der Waals surface area contributed by atoms with Gasteiger partial charge < -0.3 is 0 Å². The smallest absolute Gasteiger partial charge is 0.133 e.